The van der Waals surface area contributed by atoms with Crippen molar-refractivity contribution in [3.8, 4) is 0 Å². The Morgan fingerprint density at radius 2 is 1.95 bits per heavy atom. The molecule has 116 valence electrons. The third-order valence-electron chi connectivity index (χ3n) is 5.09. The topological polar surface area (TPSA) is 78.5 Å². The Balaban J connectivity index is 1.66. The summed E-state index contributed by atoms with van der Waals surface area (Å²) in [4.78, 5) is 37.8. The van der Waals surface area contributed by atoms with Crippen LogP contribution in [0.1, 0.15) is 45.4 Å². The molecule has 0 atom stereocenters. The van der Waals surface area contributed by atoms with Gasteiger partial charge in [-0.2, -0.15) is 0 Å². The van der Waals surface area contributed by atoms with Gasteiger partial charge in [0, 0.05) is 6.54 Å². The van der Waals surface area contributed by atoms with Crippen LogP contribution in [0.25, 0.3) is 0 Å². The van der Waals surface area contributed by atoms with E-state index >= 15 is 0 Å². The van der Waals surface area contributed by atoms with Crippen LogP contribution in [0.4, 0.5) is 4.79 Å². The Kier molecular flexibility index (Phi) is 3.63. The smallest absolute Gasteiger partial charge is 0.325 e. The maximum absolute atomic E-state index is 12.2. The highest BCUT2D eigenvalue weighted by Gasteiger charge is 2.54. The summed E-state index contributed by atoms with van der Waals surface area (Å²) in [5.74, 6) is 0.788. The van der Waals surface area contributed by atoms with Crippen LogP contribution in [0, 0.1) is 11.8 Å². The molecule has 2 saturated carbocycles. The Bertz CT molecular complexity index is 465. The highest BCUT2D eigenvalue weighted by atomic mass is 16.2. The quantitative estimate of drug-likeness (QED) is 0.759. The van der Waals surface area contributed by atoms with Crippen molar-refractivity contribution in [1.82, 2.24) is 15.5 Å². The Morgan fingerprint density at radius 1 is 1.29 bits per heavy atom. The van der Waals surface area contributed by atoms with Crippen LogP contribution in [-0.4, -0.2) is 41.4 Å². The molecule has 2 aliphatic carbocycles. The molecule has 1 spiro atoms. The van der Waals surface area contributed by atoms with Gasteiger partial charge in [-0.25, -0.2) is 4.79 Å². The van der Waals surface area contributed by atoms with Crippen LogP contribution < -0.4 is 10.6 Å². The first-order valence-electron chi connectivity index (χ1n) is 7.91. The minimum Gasteiger partial charge on any atom is -0.354 e. The molecule has 3 aliphatic rings. The van der Waals surface area contributed by atoms with Gasteiger partial charge in [0.2, 0.25) is 5.91 Å². The van der Waals surface area contributed by atoms with Crippen molar-refractivity contribution >= 4 is 17.8 Å². The van der Waals surface area contributed by atoms with Gasteiger partial charge in [-0.05, 0) is 50.4 Å². The monoisotopic (exact) mass is 293 g/mol. The molecule has 0 aromatic heterocycles. The number of imide groups is 1. The standard InChI is InChI=1S/C15H23N3O3/c1-10-4-6-15(7-5-10)13(20)17-14(21)18(15)9-12(19)16-8-11-2-3-11/h10-11H,2-9H2,1H3,(H,16,19)(H,17,20,21). The fraction of sp³-hybridized carbons (Fsp3) is 0.800. The average molecular weight is 293 g/mol. The molecular weight excluding hydrogens is 270 g/mol. The molecule has 0 aromatic rings. The summed E-state index contributed by atoms with van der Waals surface area (Å²) in [6.45, 7) is 2.83. The van der Waals surface area contributed by atoms with Crippen LogP contribution in [0.15, 0.2) is 0 Å². The maximum Gasteiger partial charge on any atom is 0.325 e. The lowest BCUT2D eigenvalue weighted by molar-refractivity contribution is -0.130. The fourth-order valence-electron chi connectivity index (χ4n) is 3.34. The lowest BCUT2D eigenvalue weighted by Crippen LogP contribution is -2.54. The molecule has 0 unspecified atom stereocenters. The number of carbonyl (C=O) groups excluding carboxylic acids is 3. The molecule has 1 heterocycles. The number of amides is 4. The Labute approximate surface area is 124 Å². The van der Waals surface area contributed by atoms with Crippen molar-refractivity contribution in [2.75, 3.05) is 13.1 Å². The molecule has 1 saturated heterocycles. The lowest BCUT2D eigenvalue weighted by atomic mass is 9.76. The van der Waals surface area contributed by atoms with Gasteiger partial charge < -0.3 is 10.2 Å². The number of nitrogens with zero attached hydrogens (tertiary/aromatic N) is 1. The highest BCUT2D eigenvalue weighted by Crippen LogP contribution is 2.39. The van der Waals surface area contributed by atoms with E-state index in [9.17, 15) is 14.4 Å². The second-order valence-electron chi connectivity index (χ2n) is 6.81. The fourth-order valence-corrected chi connectivity index (χ4v) is 3.34. The van der Waals surface area contributed by atoms with Crippen molar-refractivity contribution in [3.05, 3.63) is 0 Å². The largest absolute Gasteiger partial charge is 0.354 e. The molecule has 0 bridgehead atoms. The number of hydrogen-bond acceptors (Lipinski definition) is 3. The summed E-state index contributed by atoms with van der Waals surface area (Å²) in [6.07, 6.45) is 5.49. The van der Waals surface area contributed by atoms with E-state index in [0.29, 0.717) is 31.2 Å². The summed E-state index contributed by atoms with van der Waals surface area (Å²) in [5.41, 5.74) is -0.791. The van der Waals surface area contributed by atoms with Gasteiger partial charge in [0.25, 0.3) is 5.91 Å². The first-order valence-corrected chi connectivity index (χ1v) is 7.91. The van der Waals surface area contributed by atoms with Gasteiger partial charge in [0.15, 0.2) is 0 Å². The van der Waals surface area contributed by atoms with Crippen molar-refractivity contribution in [3.63, 3.8) is 0 Å². The predicted molar refractivity (Wildman–Crippen MR) is 76.3 cm³/mol. The van der Waals surface area contributed by atoms with E-state index in [1.807, 2.05) is 0 Å². The minimum atomic E-state index is -0.791. The molecular formula is C15H23N3O3. The highest BCUT2D eigenvalue weighted by molar-refractivity contribution is 6.08. The number of urea groups is 1. The molecule has 4 amide bonds. The van der Waals surface area contributed by atoms with E-state index < -0.39 is 11.6 Å². The van der Waals surface area contributed by atoms with E-state index in [2.05, 4.69) is 17.6 Å². The summed E-state index contributed by atoms with van der Waals surface area (Å²) < 4.78 is 0. The predicted octanol–water partition coefficient (Wildman–Crippen LogP) is 1.01. The van der Waals surface area contributed by atoms with Crippen LogP contribution in [0.3, 0.4) is 0 Å². The number of rotatable bonds is 4. The van der Waals surface area contributed by atoms with Crippen LogP contribution in [0.2, 0.25) is 0 Å². The molecule has 6 nitrogen and oxygen atoms in total. The molecule has 0 aromatic carbocycles. The molecule has 3 rings (SSSR count). The first-order chi connectivity index (χ1) is 10.0. The summed E-state index contributed by atoms with van der Waals surface area (Å²) in [5, 5.41) is 5.26. The molecule has 0 radical (unpaired) electrons. The number of hydrogen-bond donors (Lipinski definition) is 2. The van der Waals surface area contributed by atoms with Gasteiger partial charge in [0.05, 0.1) is 0 Å². The minimum absolute atomic E-state index is 0.0152. The van der Waals surface area contributed by atoms with E-state index in [-0.39, 0.29) is 18.4 Å². The van der Waals surface area contributed by atoms with E-state index in [1.54, 1.807) is 0 Å². The molecule has 21 heavy (non-hydrogen) atoms. The zero-order valence-electron chi connectivity index (χ0n) is 12.5. The molecule has 2 N–H and O–H groups in total. The first kappa shape index (κ1) is 14.4. The third-order valence-corrected chi connectivity index (χ3v) is 5.09. The van der Waals surface area contributed by atoms with E-state index in [4.69, 9.17) is 0 Å². The molecule has 6 heteroatoms. The zero-order valence-corrected chi connectivity index (χ0v) is 12.5. The normalized spacial score (nSPS) is 32.4. The summed E-state index contributed by atoms with van der Waals surface area (Å²) in [6, 6.07) is -0.420. The zero-order chi connectivity index (χ0) is 15.0. The molecule has 3 fully saturated rings. The van der Waals surface area contributed by atoms with Gasteiger partial charge in [-0.15, -0.1) is 0 Å². The Morgan fingerprint density at radius 3 is 2.57 bits per heavy atom. The van der Waals surface area contributed by atoms with Crippen LogP contribution >= 0.6 is 0 Å². The Hall–Kier alpha value is -1.59. The summed E-state index contributed by atoms with van der Waals surface area (Å²) >= 11 is 0. The third kappa shape index (κ3) is 2.76. The van der Waals surface area contributed by atoms with E-state index in [1.165, 1.54) is 17.7 Å². The number of carbonyl (C=O) groups is 3. The van der Waals surface area contributed by atoms with E-state index in [0.717, 1.165) is 12.8 Å². The molecule has 1 aliphatic heterocycles. The second kappa shape index (κ2) is 5.31. The van der Waals surface area contributed by atoms with Gasteiger partial charge in [-0.3, -0.25) is 14.9 Å². The van der Waals surface area contributed by atoms with Crippen LogP contribution in [-0.2, 0) is 9.59 Å². The second-order valence-corrected chi connectivity index (χ2v) is 6.81. The van der Waals surface area contributed by atoms with Crippen molar-refractivity contribution in [2.24, 2.45) is 11.8 Å². The van der Waals surface area contributed by atoms with Gasteiger partial charge in [0.1, 0.15) is 12.1 Å². The summed E-state index contributed by atoms with van der Waals surface area (Å²) in [7, 11) is 0. The van der Waals surface area contributed by atoms with Crippen LogP contribution in [0.5, 0.6) is 0 Å². The maximum atomic E-state index is 12.2. The van der Waals surface area contributed by atoms with Gasteiger partial charge >= 0.3 is 6.03 Å². The number of nitrogens with one attached hydrogen (secondary N) is 2. The van der Waals surface area contributed by atoms with Crippen molar-refractivity contribution in [2.45, 2.75) is 51.0 Å². The lowest BCUT2D eigenvalue weighted by Gasteiger charge is -2.39. The van der Waals surface area contributed by atoms with Gasteiger partial charge in [-0.1, -0.05) is 6.92 Å². The van der Waals surface area contributed by atoms with Crippen molar-refractivity contribution in [1.29, 1.82) is 0 Å². The average Bonchev–Trinajstić information content (AvgIpc) is 3.24. The van der Waals surface area contributed by atoms with Crippen molar-refractivity contribution < 1.29 is 14.4 Å². The SMILES string of the molecule is CC1CCC2(CC1)C(=O)NC(=O)N2CC(=O)NCC1CC1.